The number of hydrogen-bond donors (Lipinski definition) is 2. The summed E-state index contributed by atoms with van der Waals surface area (Å²) in [6.07, 6.45) is 0.824. The van der Waals surface area contributed by atoms with Crippen molar-refractivity contribution in [2.75, 3.05) is 6.54 Å². The first-order valence-electron chi connectivity index (χ1n) is 5.56. The monoisotopic (exact) mass is 221 g/mol. The Bertz CT molecular complexity index is 478. The Morgan fingerprint density at radius 2 is 2.31 bits per heavy atom. The first-order chi connectivity index (χ1) is 7.69. The fourth-order valence-electron chi connectivity index (χ4n) is 1.84. The Labute approximate surface area is 94.1 Å². The lowest BCUT2D eigenvalue weighted by Crippen LogP contribution is -2.27. The minimum absolute atomic E-state index is 0.234. The second kappa shape index (κ2) is 4.61. The quantitative estimate of drug-likeness (QED) is 0.831. The summed E-state index contributed by atoms with van der Waals surface area (Å²) in [6.45, 7) is 5.12. The highest BCUT2D eigenvalue weighted by Crippen LogP contribution is 2.13. The highest BCUT2D eigenvalue weighted by atomic mass is 19.1. The van der Waals surface area contributed by atoms with E-state index >= 15 is 0 Å². The molecular formula is C12H16FN3. The van der Waals surface area contributed by atoms with Gasteiger partial charge in [0.05, 0.1) is 11.0 Å². The van der Waals surface area contributed by atoms with Gasteiger partial charge in [0.2, 0.25) is 0 Å². The number of likely N-dealkylation sites (N-methyl/N-ethyl adjacent to an activating group) is 1. The minimum atomic E-state index is -0.234. The van der Waals surface area contributed by atoms with Crippen LogP contribution in [0.3, 0.4) is 0 Å². The molecule has 0 aliphatic carbocycles. The van der Waals surface area contributed by atoms with Crippen molar-refractivity contribution in [3.8, 4) is 0 Å². The zero-order valence-corrected chi connectivity index (χ0v) is 9.55. The summed E-state index contributed by atoms with van der Waals surface area (Å²) in [5.41, 5.74) is 1.58. The van der Waals surface area contributed by atoms with E-state index in [1.165, 1.54) is 12.1 Å². The first kappa shape index (κ1) is 11.1. The maximum absolute atomic E-state index is 13.0. The van der Waals surface area contributed by atoms with Gasteiger partial charge in [-0.15, -0.1) is 0 Å². The maximum Gasteiger partial charge on any atom is 0.125 e. The van der Waals surface area contributed by atoms with E-state index < -0.39 is 0 Å². The molecule has 1 heterocycles. The molecular weight excluding hydrogens is 205 g/mol. The lowest BCUT2D eigenvalue weighted by atomic mass is 10.2. The van der Waals surface area contributed by atoms with E-state index in [-0.39, 0.29) is 5.82 Å². The summed E-state index contributed by atoms with van der Waals surface area (Å²) in [6, 6.07) is 4.97. The van der Waals surface area contributed by atoms with E-state index in [4.69, 9.17) is 0 Å². The molecule has 0 saturated heterocycles. The summed E-state index contributed by atoms with van der Waals surface area (Å²) in [5.74, 6) is 0.663. The van der Waals surface area contributed by atoms with Crippen LogP contribution in [0.5, 0.6) is 0 Å². The Balaban J connectivity index is 2.19. The standard InChI is InChI=1S/C12H16FN3/c1-3-14-8(2)6-12-15-10-5-4-9(13)7-11(10)16-12/h4-5,7-8,14H,3,6H2,1-2H3,(H,15,16). The van der Waals surface area contributed by atoms with E-state index in [0.29, 0.717) is 6.04 Å². The van der Waals surface area contributed by atoms with E-state index in [0.717, 1.165) is 29.8 Å². The van der Waals surface area contributed by atoms with Gasteiger partial charge in [0, 0.05) is 12.5 Å². The Morgan fingerprint density at radius 1 is 1.50 bits per heavy atom. The van der Waals surface area contributed by atoms with Gasteiger partial charge in [0.25, 0.3) is 0 Å². The molecule has 1 aromatic heterocycles. The van der Waals surface area contributed by atoms with Crippen molar-refractivity contribution in [3.63, 3.8) is 0 Å². The third kappa shape index (κ3) is 2.39. The molecule has 0 fully saturated rings. The van der Waals surface area contributed by atoms with Gasteiger partial charge in [-0.05, 0) is 31.7 Å². The molecule has 1 aromatic carbocycles. The number of imidazole rings is 1. The van der Waals surface area contributed by atoms with E-state index in [9.17, 15) is 4.39 Å². The van der Waals surface area contributed by atoms with Crippen LogP contribution in [0.2, 0.25) is 0 Å². The summed E-state index contributed by atoms with van der Waals surface area (Å²) in [5, 5.41) is 3.32. The van der Waals surface area contributed by atoms with Crippen molar-refractivity contribution in [2.45, 2.75) is 26.3 Å². The average molecular weight is 221 g/mol. The SMILES string of the molecule is CCNC(C)Cc1nc2ccc(F)cc2[nH]1. The number of rotatable bonds is 4. The zero-order valence-electron chi connectivity index (χ0n) is 9.55. The van der Waals surface area contributed by atoms with Gasteiger partial charge in [-0.1, -0.05) is 6.92 Å². The molecule has 2 aromatic rings. The number of nitrogens with one attached hydrogen (secondary N) is 2. The summed E-state index contributed by atoms with van der Waals surface area (Å²) >= 11 is 0. The van der Waals surface area contributed by atoms with Gasteiger partial charge in [0.1, 0.15) is 11.6 Å². The van der Waals surface area contributed by atoms with Gasteiger partial charge in [-0.2, -0.15) is 0 Å². The maximum atomic E-state index is 13.0. The Morgan fingerprint density at radius 3 is 3.06 bits per heavy atom. The van der Waals surface area contributed by atoms with Crippen LogP contribution in [0.25, 0.3) is 11.0 Å². The van der Waals surface area contributed by atoms with Crippen LogP contribution in [-0.4, -0.2) is 22.6 Å². The molecule has 86 valence electrons. The molecule has 0 radical (unpaired) electrons. The van der Waals surface area contributed by atoms with Gasteiger partial charge in [-0.25, -0.2) is 9.37 Å². The highest BCUT2D eigenvalue weighted by molar-refractivity contribution is 5.74. The van der Waals surface area contributed by atoms with Crippen LogP contribution in [0.4, 0.5) is 4.39 Å². The average Bonchev–Trinajstić information content (AvgIpc) is 2.59. The number of fused-ring (bicyclic) bond motifs is 1. The first-order valence-corrected chi connectivity index (χ1v) is 5.56. The van der Waals surface area contributed by atoms with Crippen molar-refractivity contribution >= 4 is 11.0 Å². The van der Waals surface area contributed by atoms with Crippen molar-refractivity contribution in [1.29, 1.82) is 0 Å². The number of H-pyrrole nitrogens is 1. The zero-order chi connectivity index (χ0) is 11.5. The predicted molar refractivity (Wildman–Crippen MR) is 62.9 cm³/mol. The van der Waals surface area contributed by atoms with Crippen LogP contribution >= 0.6 is 0 Å². The van der Waals surface area contributed by atoms with E-state index in [1.807, 2.05) is 0 Å². The lowest BCUT2D eigenvalue weighted by Gasteiger charge is -2.09. The number of aromatic amines is 1. The number of benzene rings is 1. The topological polar surface area (TPSA) is 40.7 Å². The summed E-state index contributed by atoms with van der Waals surface area (Å²) in [4.78, 5) is 7.55. The molecule has 4 heteroatoms. The molecule has 0 saturated carbocycles. The highest BCUT2D eigenvalue weighted by Gasteiger charge is 2.07. The smallest absolute Gasteiger partial charge is 0.125 e. The predicted octanol–water partition coefficient (Wildman–Crippen LogP) is 2.24. The molecule has 0 spiro atoms. The fraction of sp³-hybridized carbons (Fsp3) is 0.417. The van der Waals surface area contributed by atoms with Gasteiger partial charge < -0.3 is 10.3 Å². The number of hydrogen-bond acceptors (Lipinski definition) is 2. The van der Waals surface area contributed by atoms with Crippen molar-refractivity contribution in [2.24, 2.45) is 0 Å². The second-order valence-electron chi connectivity index (χ2n) is 4.01. The Kier molecular flexibility index (Phi) is 3.19. The van der Waals surface area contributed by atoms with Crippen molar-refractivity contribution < 1.29 is 4.39 Å². The molecule has 16 heavy (non-hydrogen) atoms. The second-order valence-corrected chi connectivity index (χ2v) is 4.01. The van der Waals surface area contributed by atoms with Crippen LogP contribution in [-0.2, 0) is 6.42 Å². The van der Waals surface area contributed by atoms with E-state index in [2.05, 4.69) is 29.1 Å². The molecule has 2 N–H and O–H groups in total. The molecule has 1 unspecified atom stereocenters. The largest absolute Gasteiger partial charge is 0.342 e. The molecule has 2 rings (SSSR count). The molecule has 0 aliphatic heterocycles. The summed E-state index contributed by atoms with van der Waals surface area (Å²) < 4.78 is 13.0. The molecule has 0 bridgehead atoms. The molecule has 1 atom stereocenters. The van der Waals surface area contributed by atoms with Crippen molar-refractivity contribution in [3.05, 3.63) is 29.8 Å². The van der Waals surface area contributed by atoms with Crippen LogP contribution in [0, 0.1) is 5.82 Å². The normalized spacial score (nSPS) is 13.2. The van der Waals surface area contributed by atoms with E-state index in [1.54, 1.807) is 6.07 Å². The van der Waals surface area contributed by atoms with Gasteiger partial charge >= 0.3 is 0 Å². The third-order valence-electron chi connectivity index (χ3n) is 2.55. The van der Waals surface area contributed by atoms with Gasteiger partial charge in [-0.3, -0.25) is 0 Å². The van der Waals surface area contributed by atoms with Crippen molar-refractivity contribution in [1.82, 2.24) is 15.3 Å². The fourth-order valence-corrected chi connectivity index (χ4v) is 1.84. The number of halogens is 1. The lowest BCUT2D eigenvalue weighted by molar-refractivity contribution is 0.555. The number of aromatic nitrogens is 2. The molecule has 0 aliphatic rings. The van der Waals surface area contributed by atoms with Gasteiger partial charge in [0.15, 0.2) is 0 Å². The third-order valence-corrected chi connectivity index (χ3v) is 2.55. The number of nitrogens with zero attached hydrogens (tertiary/aromatic N) is 1. The van der Waals surface area contributed by atoms with Crippen LogP contribution < -0.4 is 5.32 Å². The minimum Gasteiger partial charge on any atom is -0.342 e. The summed E-state index contributed by atoms with van der Waals surface area (Å²) in [7, 11) is 0. The van der Waals surface area contributed by atoms with Crippen LogP contribution in [0.15, 0.2) is 18.2 Å². The Hall–Kier alpha value is -1.42. The molecule has 0 amide bonds. The molecule has 3 nitrogen and oxygen atoms in total. The van der Waals surface area contributed by atoms with Crippen LogP contribution in [0.1, 0.15) is 19.7 Å².